The van der Waals surface area contributed by atoms with Gasteiger partial charge in [0.05, 0.1) is 23.1 Å². The van der Waals surface area contributed by atoms with Crippen LogP contribution >= 0.6 is 0 Å². The molecule has 0 saturated heterocycles. The molecule has 0 unspecified atom stereocenters. The fourth-order valence-corrected chi connectivity index (χ4v) is 2.54. The highest BCUT2D eigenvalue weighted by atomic mass is 32.2. The first-order chi connectivity index (χ1) is 11.4. The maximum absolute atomic E-state index is 11.9. The van der Waals surface area contributed by atoms with E-state index in [1.54, 1.807) is 0 Å². The van der Waals surface area contributed by atoms with E-state index in [2.05, 4.69) is 16.0 Å². The van der Waals surface area contributed by atoms with Crippen LogP contribution in [0.3, 0.4) is 0 Å². The monoisotopic (exact) mass is 349 g/mol. The number of rotatable bonds is 8. The van der Waals surface area contributed by atoms with E-state index in [1.165, 1.54) is 24.3 Å². The Hall–Kier alpha value is -2.88. The van der Waals surface area contributed by atoms with Crippen LogP contribution in [0.25, 0.3) is 0 Å². The van der Waals surface area contributed by atoms with Crippen LogP contribution in [0.5, 0.6) is 0 Å². The van der Waals surface area contributed by atoms with Crippen molar-refractivity contribution in [1.82, 2.24) is 10.0 Å². The first-order valence-electron chi connectivity index (χ1n) is 6.74. The van der Waals surface area contributed by atoms with Gasteiger partial charge in [-0.05, 0) is 24.3 Å². The molecule has 1 aromatic rings. The second-order valence-corrected chi connectivity index (χ2v) is 6.15. The Labute approximate surface area is 139 Å². The van der Waals surface area contributed by atoms with Gasteiger partial charge in [0.2, 0.25) is 10.0 Å². The number of amides is 1. The lowest BCUT2D eigenvalue weighted by Crippen LogP contribution is -2.29. The summed E-state index contributed by atoms with van der Waals surface area (Å²) in [5.41, 5.74) is 0.0933. The molecule has 0 spiro atoms. The summed E-state index contributed by atoms with van der Waals surface area (Å²) in [5, 5.41) is 10.7. The van der Waals surface area contributed by atoms with Gasteiger partial charge in [-0.2, -0.15) is 5.26 Å². The molecule has 1 amide bonds. The van der Waals surface area contributed by atoms with E-state index < -0.39 is 28.5 Å². The van der Waals surface area contributed by atoms with Gasteiger partial charge in [-0.25, -0.2) is 17.9 Å². The third-order valence-electron chi connectivity index (χ3n) is 2.65. The van der Waals surface area contributed by atoms with Crippen molar-refractivity contribution in [2.24, 2.45) is 0 Å². The number of esters is 1. The zero-order valence-corrected chi connectivity index (χ0v) is 13.4. The SMILES string of the molecule is C#CCNC(=O)COC(=O)c1ccc(S(=O)(=O)NCCC#N)cc1. The molecule has 8 nitrogen and oxygen atoms in total. The smallest absolute Gasteiger partial charge is 0.338 e. The van der Waals surface area contributed by atoms with Crippen molar-refractivity contribution >= 4 is 21.9 Å². The third kappa shape index (κ3) is 6.08. The minimum absolute atomic E-state index is 0.00457. The number of nitriles is 1. The number of carbonyl (C=O) groups excluding carboxylic acids is 2. The maximum Gasteiger partial charge on any atom is 0.338 e. The zero-order valence-electron chi connectivity index (χ0n) is 12.6. The molecular weight excluding hydrogens is 334 g/mol. The molecule has 0 radical (unpaired) electrons. The largest absolute Gasteiger partial charge is 0.452 e. The Morgan fingerprint density at radius 1 is 1.25 bits per heavy atom. The maximum atomic E-state index is 11.9. The van der Waals surface area contributed by atoms with Gasteiger partial charge in [0.15, 0.2) is 6.61 Å². The summed E-state index contributed by atoms with van der Waals surface area (Å²) in [7, 11) is -3.75. The molecule has 0 aromatic heterocycles. The average Bonchev–Trinajstić information content (AvgIpc) is 2.58. The third-order valence-corrected chi connectivity index (χ3v) is 4.13. The molecule has 1 aromatic carbocycles. The van der Waals surface area contributed by atoms with Crippen molar-refractivity contribution in [1.29, 1.82) is 5.26 Å². The van der Waals surface area contributed by atoms with Gasteiger partial charge in [-0.1, -0.05) is 5.92 Å². The topological polar surface area (TPSA) is 125 Å². The van der Waals surface area contributed by atoms with Crippen LogP contribution in [0.4, 0.5) is 0 Å². The van der Waals surface area contributed by atoms with Crippen molar-refractivity contribution < 1.29 is 22.7 Å². The molecule has 24 heavy (non-hydrogen) atoms. The molecule has 0 aliphatic carbocycles. The van der Waals surface area contributed by atoms with Crippen LogP contribution in [0.1, 0.15) is 16.8 Å². The highest BCUT2D eigenvalue weighted by Gasteiger charge is 2.15. The Morgan fingerprint density at radius 3 is 2.50 bits per heavy atom. The van der Waals surface area contributed by atoms with Gasteiger partial charge in [-0.3, -0.25) is 4.79 Å². The van der Waals surface area contributed by atoms with Crippen molar-refractivity contribution in [3.8, 4) is 18.4 Å². The number of sulfonamides is 1. The molecule has 0 saturated carbocycles. The molecule has 0 atom stereocenters. The lowest BCUT2D eigenvalue weighted by atomic mass is 10.2. The molecule has 2 N–H and O–H groups in total. The molecule has 9 heteroatoms. The second kappa shape index (κ2) is 9.30. The molecule has 0 bridgehead atoms. The lowest BCUT2D eigenvalue weighted by Gasteiger charge is -2.07. The van der Waals surface area contributed by atoms with Gasteiger partial charge in [0, 0.05) is 13.0 Å². The van der Waals surface area contributed by atoms with Gasteiger partial charge in [-0.15, -0.1) is 6.42 Å². The lowest BCUT2D eigenvalue weighted by molar-refractivity contribution is -0.123. The fourth-order valence-electron chi connectivity index (χ4n) is 1.51. The van der Waals surface area contributed by atoms with E-state index >= 15 is 0 Å². The molecule has 0 aliphatic rings. The quantitative estimate of drug-likeness (QED) is 0.380. The van der Waals surface area contributed by atoms with Gasteiger partial charge in [0.1, 0.15) is 0 Å². The minimum Gasteiger partial charge on any atom is -0.452 e. The van der Waals surface area contributed by atoms with E-state index in [4.69, 9.17) is 16.4 Å². The van der Waals surface area contributed by atoms with Gasteiger partial charge >= 0.3 is 5.97 Å². The molecule has 0 aliphatic heterocycles. The molecular formula is C15H15N3O5S. The summed E-state index contributed by atoms with van der Waals surface area (Å²) in [6.07, 6.45) is 5.02. The molecule has 1 rings (SSSR count). The van der Waals surface area contributed by atoms with Crippen LogP contribution in [-0.4, -0.2) is 40.0 Å². The van der Waals surface area contributed by atoms with Crippen molar-refractivity contribution in [3.05, 3.63) is 29.8 Å². The normalized spacial score (nSPS) is 10.2. The summed E-state index contributed by atoms with van der Waals surface area (Å²) < 4.78 is 30.8. The van der Waals surface area contributed by atoms with Crippen LogP contribution in [0, 0.1) is 23.7 Å². The molecule has 126 valence electrons. The first kappa shape index (κ1) is 19.2. The molecule has 0 heterocycles. The summed E-state index contributed by atoms with van der Waals surface area (Å²) in [6, 6.07) is 6.80. The van der Waals surface area contributed by atoms with Gasteiger partial charge in [0.25, 0.3) is 5.91 Å². The van der Waals surface area contributed by atoms with Crippen molar-refractivity contribution in [2.45, 2.75) is 11.3 Å². The fraction of sp³-hybridized carbons (Fsp3) is 0.267. The number of hydrogen-bond acceptors (Lipinski definition) is 6. The van der Waals surface area contributed by atoms with E-state index in [-0.39, 0.29) is 30.0 Å². The van der Waals surface area contributed by atoms with Crippen molar-refractivity contribution in [2.75, 3.05) is 19.7 Å². The summed E-state index contributed by atoms with van der Waals surface area (Å²) in [4.78, 5) is 23.0. The van der Waals surface area contributed by atoms with E-state index in [9.17, 15) is 18.0 Å². The highest BCUT2D eigenvalue weighted by molar-refractivity contribution is 7.89. The summed E-state index contributed by atoms with van der Waals surface area (Å²) in [6.45, 7) is -0.465. The van der Waals surface area contributed by atoms with Crippen LogP contribution < -0.4 is 10.0 Å². The number of terminal acetylenes is 1. The highest BCUT2D eigenvalue weighted by Crippen LogP contribution is 2.11. The standard InChI is InChI=1S/C15H15N3O5S/c1-2-9-17-14(19)11-23-15(20)12-4-6-13(7-5-12)24(21,22)18-10-3-8-16/h1,4-7,18H,3,9-11H2,(H,17,19). The van der Waals surface area contributed by atoms with E-state index in [0.717, 1.165) is 0 Å². The van der Waals surface area contributed by atoms with Crippen LogP contribution in [-0.2, 0) is 19.6 Å². The Balaban J connectivity index is 2.64. The predicted octanol–water partition coefficient (Wildman–Crippen LogP) is -0.215. The average molecular weight is 349 g/mol. The Bertz CT molecular complexity index is 773. The number of benzene rings is 1. The zero-order chi connectivity index (χ0) is 18.0. The van der Waals surface area contributed by atoms with Crippen LogP contribution in [0.15, 0.2) is 29.2 Å². The predicted molar refractivity (Wildman–Crippen MR) is 84.0 cm³/mol. The summed E-state index contributed by atoms with van der Waals surface area (Å²) >= 11 is 0. The van der Waals surface area contributed by atoms with Gasteiger partial charge < -0.3 is 10.1 Å². The number of ether oxygens (including phenoxy) is 1. The molecule has 0 fully saturated rings. The number of carbonyl (C=O) groups is 2. The Morgan fingerprint density at radius 2 is 1.92 bits per heavy atom. The summed E-state index contributed by atoms with van der Waals surface area (Å²) in [5.74, 6) is 0.893. The first-order valence-corrected chi connectivity index (χ1v) is 8.23. The number of hydrogen-bond donors (Lipinski definition) is 2. The number of nitrogens with one attached hydrogen (secondary N) is 2. The second-order valence-electron chi connectivity index (χ2n) is 4.39. The Kier molecular flexibility index (Phi) is 7.43. The van der Waals surface area contributed by atoms with Crippen LogP contribution in [0.2, 0.25) is 0 Å². The van der Waals surface area contributed by atoms with E-state index in [1.807, 2.05) is 6.07 Å². The number of nitrogens with zero attached hydrogens (tertiary/aromatic N) is 1. The van der Waals surface area contributed by atoms with E-state index in [0.29, 0.717) is 0 Å². The van der Waals surface area contributed by atoms with Crippen molar-refractivity contribution in [3.63, 3.8) is 0 Å². The minimum atomic E-state index is -3.75.